The molecule has 3 heteroatoms. The van der Waals surface area contributed by atoms with Gasteiger partial charge in [0.05, 0.1) is 18.1 Å². The first-order valence-corrected chi connectivity index (χ1v) is 27.6. The maximum absolute atomic E-state index is 11.8. The molecule has 0 saturated heterocycles. The minimum atomic E-state index is -0.380. The average molecular weight is 844 g/mol. The zero-order valence-electron chi connectivity index (χ0n) is 42.3. The second-order valence-corrected chi connectivity index (χ2v) is 21.3. The van der Waals surface area contributed by atoms with E-state index in [-0.39, 0.29) is 11.4 Å². The lowest BCUT2D eigenvalue weighted by molar-refractivity contribution is -0.153. The third-order valence-electron chi connectivity index (χ3n) is 14.3. The summed E-state index contributed by atoms with van der Waals surface area (Å²) < 4.78 is 11.3. The normalized spacial score (nSPS) is 17.1. The van der Waals surface area contributed by atoms with Crippen LogP contribution in [-0.2, 0) is 14.3 Å². The third kappa shape index (κ3) is 35.6. The van der Waals surface area contributed by atoms with Gasteiger partial charge in [0.25, 0.3) is 0 Å². The van der Waals surface area contributed by atoms with Crippen LogP contribution in [0.25, 0.3) is 0 Å². The highest BCUT2D eigenvalue weighted by Crippen LogP contribution is 2.48. The van der Waals surface area contributed by atoms with Crippen LogP contribution in [0.5, 0.6) is 0 Å². The van der Waals surface area contributed by atoms with Crippen molar-refractivity contribution in [2.45, 2.75) is 304 Å². The van der Waals surface area contributed by atoms with E-state index < -0.39 is 0 Å². The van der Waals surface area contributed by atoms with Crippen molar-refractivity contribution in [2.24, 2.45) is 29.1 Å². The number of hydrogen-bond donors (Lipinski definition) is 0. The molecule has 0 spiro atoms. The third-order valence-corrected chi connectivity index (χ3v) is 14.3. The Morgan fingerprint density at radius 3 is 1.43 bits per heavy atom. The van der Waals surface area contributed by atoms with Gasteiger partial charge in [-0.3, -0.25) is 4.79 Å². The maximum Gasteiger partial charge on any atom is 0.311 e. The highest BCUT2D eigenvalue weighted by atomic mass is 16.5. The van der Waals surface area contributed by atoms with Crippen LogP contribution in [0.15, 0.2) is 12.2 Å². The summed E-state index contributed by atoms with van der Waals surface area (Å²) in [6.07, 6.45) is 61.3. The summed E-state index contributed by atoms with van der Waals surface area (Å²) in [5, 5.41) is 0. The number of methoxy groups -OCH3 is 1. The summed E-state index contributed by atoms with van der Waals surface area (Å²) in [4.78, 5) is 11.8. The molecular weight excluding hydrogens is 733 g/mol. The van der Waals surface area contributed by atoms with Gasteiger partial charge >= 0.3 is 5.97 Å². The number of allylic oxidation sites excluding steroid dienone is 2. The number of rotatable bonds is 46. The molecular formula is C57H110O3. The molecule has 3 nitrogen and oxygen atoms in total. The number of unbranched alkanes of at least 4 members (excludes halogenated alkanes) is 32. The SMILES string of the molecule is CCCCCCCCCCCCCCCCCC[C@H](C)[C@H](CCCCCCCCCCCCCC=CC[C@H](C)[C@H]1C[C@@H]1CCCCCCCCCOC(=O)C(C)(C)C)OC. The van der Waals surface area contributed by atoms with Crippen molar-refractivity contribution in [2.75, 3.05) is 13.7 Å². The molecule has 1 saturated carbocycles. The minimum Gasteiger partial charge on any atom is -0.465 e. The van der Waals surface area contributed by atoms with Gasteiger partial charge in [-0.1, -0.05) is 245 Å². The van der Waals surface area contributed by atoms with Gasteiger partial charge in [-0.05, 0) is 89.4 Å². The van der Waals surface area contributed by atoms with Crippen molar-refractivity contribution >= 4 is 5.97 Å². The van der Waals surface area contributed by atoms with E-state index in [1.165, 1.54) is 250 Å². The fraction of sp³-hybridized carbons (Fsp3) is 0.947. The van der Waals surface area contributed by atoms with Gasteiger partial charge in [0.15, 0.2) is 0 Å². The molecule has 0 unspecified atom stereocenters. The lowest BCUT2D eigenvalue weighted by Gasteiger charge is -2.22. The molecule has 0 N–H and O–H groups in total. The fourth-order valence-corrected chi connectivity index (χ4v) is 9.71. The lowest BCUT2D eigenvalue weighted by atomic mass is 9.93. The molecule has 0 heterocycles. The van der Waals surface area contributed by atoms with Crippen molar-refractivity contribution in [3.05, 3.63) is 12.2 Å². The van der Waals surface area contributed by atoms with E-state index in [0.29, 0.717) is 18.6 Å². The maximum atomic E-state index is 11.8. The van der Waals surface area contributed by atoms with Crippen LogP contribution in [0, 0.1) is 29.1 Å². The van der Waals surface area contributed by atoms with Crippen LogP contribution in [-0.4, -0.2) is 25.8 Å². The Labute approximate surface area is 378 Å². The summed E-state index contributed by atoms with van der Waals surface area (Å²) in [6.45, 7) is 13.6. The number of carbonyl (C=O) groups excluding carboxylic acids is 1. The topological polar surface area (TPSA) is 35.5 Å². The van der Waals surface area contributed by atoms with Gasteiger partial charge in [0.2, 0.25) is 0 Å². The van der Waals surface area contributed by atoms with Crippen molar-refractivity contribution in [3.63, 3.8) is 0 Å². The molecule has 1 rings (SSSR count). The molecule has 0 aromatic heterocycles. The van der Waals surface area contributed by atoms with Crippen LogP contribution >= 0.6 is 0 Å². The Bertz CT molecular complexity index is 934. The summed E-state index contributed by atoms with van der Waals surface area (Å²) in [5.74, 6) is 3.51. The van der Waals surface area contributed by atoms with Crippen molar-refractivity contribution < 1.29 is 14.3 Å². The fourth-order valence-electron chi connectivity index (χ4n) is 9.71. The molecule has 1 aliphatic carbocycles. The Balaban J connectivity index is 1.81. The Morgan fingerprint density at radius 1 is 0.550 bits per heavy atom. The van der Waals surface area contributed by atoms with Gasteiger partial charge in [-0.2, -0.15) is 0 Å². The summed E-state index contributed by atoms with van der Waals surface area (Å²) in [7, 11) is 1.95. The summed E-state index contributed by atoms with van der Waals surface area (Å²) >= 11 is 0. The van der Waals surface area contributed by atoms with Crippen LogP contribution in [0.3, 0.4) is 0 Å². The molecule has 60 heavy (non-hydrogen) atoms. The molecule has 0 amide bonds. The average Bonchev–Trinajstić information content (AvgIpc) is 4.01. The first kappa shape index (κ1) is 57.2. The van der Waals surface area contributed by atoms with Crippen molar-refractivity contribution in [3.8, 4) is 0 Å². The predicted octanol–water partition coefficient (Wildman–Crippen LogP) is 19.3. The molecule has 0 aromatic carbocycles. The standard InChI is InChI=1S/C57H110O3/c1-8-9-10-11-12-13-14-15-16-17-21-24-27-31-36-41-46-52(3)55(59-7)48-43-38-33-28-25-22-19-18-20-23-26-30-35-40-45-51(2)54-50-53(54)47-42-37-32-29-34-39-44-49-60-56(58)57(4,5)6/h35,40,51-55H,8-34,36-39,41-50H2,1-7H3/t51-,52-,53-,54+,55-/m0/s1. The largest absolute Gasteiger partial charge is 0.465 e. The number of ether oxygens (including phenoxy) is 2. The van der Waals surface area contributed by atoms with Crippen LogP contribution in [0.1, 0.15) is 298 Å². The van der Waals surface area contributed by atoms with E-state index in [9.17, 15) is 4.79 Å². The second-order valence-electron chi connectivity index (χ2n) is 21.3. The molecule has 5 atom stereocenters. The van der Waals surface area contributed by atoms with E-state index in [1.54, 1.807) is 0 Å². The first-order valence-electron chi connectivity index (χ1n) is 27.6. The Kier molecular flexibility index (Phi) is 39.0. The van der Waals surface area contributed by atoms with Gasteiger partial charge in [0.1, 0.15) is 0 Å². The molecule has 0 bridgehead atoms. The highest BCUT2D eigenvalue weighted by molar-refractivity contribution is 5.75. The second kappa shape index (κ2) is 40.9. The Morgan fingerprint density at radius 2 is 0.967 bits per heavy atom. The van der Waals surface area contributed by atoms with Gasteiger partial charge < -0.3 is 9.47 Å². The van der Waals surface area contributed by atoms with E-state index in [0.717, 1.165) is 24.2 Å². The number of hydrogen-bond acceptors (Lipinski definition) is 3. The van der Waals surface area contributed by atoms with Crippen LogP contribution < -0.4 is 0 Å². The molecule has 0 aliphatic heterocycles. The molecule has 356 valence electrons. The van der Waals surface area contributed by atoms with Gasteiger partial charge in [0, 0.05) is 7.11 Å². The molecule has 1 fully saturated rings. The van der Waals surface area contributed by atoms with E-state index in [2.05, 4.69) is 32.9 Å². The molecule has 0 aromatic rings. The lowest BCUT2D eigenvalue weighted by Crippen LogP contribution is -2.23. The predicted molar refractivity (Wildman–Crippen MR) is 266 cm³/mol. The molecule has 0 radical (unpaired) electrons. The smallest absolute Gasteiger partial charge is 0.311 e. The Hall–Kier alpha value is -0.830. The van der Waals surface area contributed by atoms with Gasteiger partial charge in [-0.25, -0.2) is 0 Å². The monoisotopic (exact) mass is 843 g/mol. The zero-order chi connectivity index (χ0) is 43.8. The van der Waals surface area contributed by atoms with E-state index >= 15 is 0 Å². The quantitative estimate of drug-likeness (QED) is 0.0348. The van der Waals surface area contributed by atoms with E-state index in [1.807, 2.05) is 27.9 Å². The minimum absolute atomic E-state index is 0.0729. The zero-order valence-corrected chi connectivity index (χ0v) is 42.3. The first-order chi connectivity index (χ1) is 29.2. The number of carbonyl (C=O) groups is 1. The summed E-state index contributed by atoms with van der Waals surface area (Å²) in [5.41, 5.74) is -0.380. The highest BCUT2D eigenvalue weighted by Gasteiger charge is 2.39. The van der Waals surface area contributed by atoms with Crippen molar-refractivity contribution in [1.29, 1.82) is 0 Å². The number of esters is 1. The van der Waals surface area contributed by atoms with E-state index in [4.69, 9.17) is 9.47 Å². The van der Waals surface area contributed by atoms with Crippen LogP contribution in [0.4, 0.5) is 0 Å². The van der Waals surface area contributed by atoms with Crippen molar-refractivity contribution in [1.82, 2.24) is 0 Å². The van der Waals surface area contributed by atoms with Gasteiger partial charge in [-0.15, -0.1) is 0 Å². The molecule has 1 aliphatic rings. The van der Waals surface area contributed by atoms with Crippen LogP contribution in [0.2, 0.25) is 0 Å². The summed E-state index contributed by atoms with van der Waals surface area (Å²) in [6, 6.07) is 0.